The maximum Gasteiger partial charge on any atom is 0.126 e. The highest BCUT2D eigenvalue weighted by Crippen LogP contribution is 2.04. The molecule has 0 bridgehead atoms. The molecule has 1 rings (SSSR count). The van der Waals surface area contributed by atoms with Crippen LogP contribution in [0.3, 0.4) is 0 Å². The SMILES string of the molecule is CC(=CCOCc1ccccc1)CC=CC(C)C=O. The van der Waals surface area contributed by atoms with Gasteiger partial charge in [0.2, 0.25) is 0 Å². The fraction of sp³-hybridized carbons (Fsp3) is 0.353. The van der Waals surface area contributed by atoms with Gasteiger partial charge in [-0.1, -0.05) is 61.1 Å². The molecule has 0 saturated heterocycles. The summed E-state index contributed by atoms with van der Waals surface area (Å²) < 4.78 is 5.58. The molecule has 102 valence electrons. The van der Waals surface area contributed by atoms with Crippen LogP contribution >= 0.6 is 0 Å². The maximum absolute atomic E-state index is 10.4. The summed E-state index contributed by atoms with van der Waals surface area (Å²) in [5, 5.41) is 0. The van der Waals surface area contributed by atoms with Gasteiger partial charge in [0.15, 0.2) is 0 Å². The van der Waals surface area contributed by atoms with E-state index in [0.717, 1.165) is 12.7 Å². The number of hydrogen-bond donors (Lipinski definition) is 0. The van der Waals surface area contributed by atoms with Gasteiger partial charge in [-0.15, -0.1) is 0 Å². The molecule has 1 aromatic carbocycles. The van der Waals surface area contributed by atoms with E-state index in [0.29, 0.717) is 13.2 Å². The Labute approximate surface area is 115 Å². The summed E-state index contributed by atoms with van der Waals surface area (Å²) in [5.41, 5.74) is 2.44. The maximum atomic E-state index is 10.4. The number of carbonyl (C=O) groups excluding carboxylic acids is 1. The highest BCUT2D eigenvalue weighted by atomic mass is 16.5. The van der Waals surface area contributed by atoms with Gasteiger partial charge in [0.25, 0.3) is 0 Å². The molecule has 0 aliphatic heterocycles. The molecule has 0 N–H and O–H groups in total. The second kappa shape index (κ2) is 9.29. The summed E-state index contributed by atoms with van der Waals surface area (Å²) in [7, 11) is 0. The average molecular weight is 258 g/mol. The Morgan fingerprint density at radius 3 is 2.74 bits per heavy atom. The molecule has 0 spiro atoms. The number of rotatable bonds is 8. The number of aldehydes is 1. The van der Waals surface area contributed by atoms with Gasteiger partial charge in [-0.3, -0.25) is 0 Å². The highest BCUT2D eigenvalue weighted by Gasteiger charge is 1.92. The molecule has 0 amide bonds. The zero-order valence-corrected chi connectivity index (χ0v) is 11.7. The van der Waals surface area contributed by atoms with Crippen LogP contribution in [0.15, 0.2) is 54.1 Å². The summed E-state index contributed by atoms with van der Waals surface area (Å²) in [4.78, 5) is 10.4. The van der Waals surface area contributed by atoms with E-state index >= 15 is 0 Å². The van der Waals surface area contributed by atoms with Gasteiger partial charge in [0, 0.05) is 5.92 Å². The zero-order valence-electron chi connectivity index (χ0n) is 11.7. The Morgan fingerprint density at radius 2 is 2.05 bits per heavy atom. The van der Waals surface area contributed by atoms with Crippen molar-refractivity contribution in [2.45, 2.75) is 26.9 Å². The van der Waals surface area contributed by atoms with Gasteiger partial charge in [0.05, 0.1) is 13.2 Å². The fourth-order valence-electron chi connectivity index (χ4n) is 1.55. The van der Waals surface area contributed by atoms with Crippen molar-refractivity contribution < 1.29 is 9.53 Å². The van der Waals surface area contributed by atoms with Crippen molar-refractivity contribution in [3.8, 4) is 0 Å². The third-order valence-electron chi connectivity index (χ3n) is 2.76. The van der Waals surface area contributed by atoms with Crippen LogP contribution in [0.4, 0.5) is 0 Å². The summed E-state index contributed by atoms with van der Waals surface area (Å²) in [6, 6.07) is 10.1. The van der Waals surface area contributed by atoms with Crippen LogP contribution < -0.4 is 0 Å². The summed E-state index contributed by atoms with van der Waals surface area (Å²) >= 11 is 0. The average Bonchev–Trinajstić information content (AvgIpc) is 2.44. The summed E-state index contributed by atoms with van der Waals surface area (Å²) in [6.45, 7) is 5.22. The Bertz CT molecular complexity index is 418. The standard InChI is InChI=1S/C17H22O2/c1-15(7-6-8-16(2)13-18)11-12-19-14-17-9-4-3-5-10-17/h3-6,8-11,13,16H,7,12,14H2,1-2H3. The van der Waals surface area contributed by atoms with Crippen molar-refractivity contribution in [3.05, 3.63) is 59.7 Å². The number of carbonyl (C=O) groups is 1. The highest BCUT2D eigenvalue weighted by molar-refractivity contribution is 5.55. The van der Waals surface area contributed by atoms with E-state index < -0.39 is 0 Å². The Morgan fingerprint density at radius 1 is 1.32 bits per heavy atom. The van der Waals surface area contributed by atoms with E-state index in [9.17, 15) is 4.79 Å². The predicted molar refractivity (Wildman–Crippen MR) is 78.8 cm³/mol. The number of hydrogen-bond acceptors (Lipinski definition) is 2. The van der Waals surface area contributed by atoms with Gasteiger partial charge < -0.3 is 9.53 Å². The molecule has 0 radical (unpaired) electrons. The van der Waals surface area contributed by atoms with Crippen molar-refractivity contribution in [2.75, 3.05) is 6.61 Å². The van der Waals surface area contributed by atoms with Crippen LogP contribution in [0.1, 0.15) is 25.8 Å². The van der Waals surface area contributed by atoms with E-state index in [1.807, 2.05) is 37.3 Å². The molecule has 0 aliphatic carbocycles. The van der Waals surface area contributed by atoms with Crippen LogP contribution in [0.5, 0.6) is 0 Å². The van der Waals surface area contributed by atoms with Crippen LogP contribution in [0.25, 0.3) is 0 Å². The van der Waals surface area contributed by atoms with Gasteiger partial charge in [-0.25, -0.2) is 0 Å². The molecular weight excluding hydrogens is 236 g/mol. The minimum absolute atomic E-state index is 0.00197. The van der Waals surface area contributed by atoms with Crippen molar-refractivity contribution in [1.82, 2.24) is 0 Å². The first-order valence-electron chi connectivity index (χ1n) is 6.61. The second-order valence-electron chi connectivity index (χ2n) is 4.68. The Hall–Kier alpha value is -1.67. The lowest BCUT2D eigenvalue weighted by Gasteiger charge is -2.02. The number of allylic oxidation sites excluding steroid dienone is 3. The number of ether oxygens (including phenoxy) is 1. The topological polar surface area (TPSA) is 26.3 Å². The van der Waals surface area contributed by atoms with Crippen molar-refractivity contribution in [3.63, 3.8) is 0 Å². The quantitative estimate of drug-likeness (QED) is 0.401. The molecule has 19 heavy (non-hydrogen) atoms. The molecule has 1 unspecified atom stereocenters. The predicted octanol–water partition coefficient (Wildman–Crippen LogP) is 3.93. The van der Waals surface area contributed by atoms with Gasteiger partial charge in [-0.05, 0) is 18.9 Å². The summed E-state index contributed by atoms with van der Waals surface area (Å²) in [6.07, 6.45) is 7.85. The third-order valence-corrected chi connectivity index (χ3v) is 2.76. The molecule has 0 aromatic heterocycles. The zero-order chi connectivity index (χ0) is 13.9. The van der Waals surface area contributed by atoms with Crippen LogP contribution in [-0.4, -0.2) is 12.9 Å². The third kappa shape index (κ3) is 7.37. The van der Waals surface area contributed by atoms with Crippen LogP contribution in [0, 0.1) is 5.92 Å². The largest absolute Gasteiger partial charge is 0.373 e. The van der Waals surface area contributed by atoms with Crippen molar-refractivity contribution >= 4 is 6.29 Å². The molecule has 0 aliphatic rings. The molecule has 1 atom stereocenters. The smallest absolute Gasteiger partial charge is 0.126 e. The van der Waals surface area contributed by atoms with Crippen molar-refractivity contribution in [1.29, 1.82) is 0 Å². The first-order valence-corrected chi connectivity index (χ1v) is 6.61. The fourth-order valence-corrected chi connectivity index (χ4v) is 1.55. The van der Waals surface area contributed by atoms with Crippen LogP contribution in [0.2, 0.25) is 0 Å². The molecular formula is C17H22O2. The van der Waals surface area contributed by atoms with E-state index in [1.165, 1.54) is 11.1 Å². The monoisotopic (exact) mass is 258 g/mol. The lowest BCUT2D eigenvalue weighted by atomic mass is 10.1. The van der Waals surface area contributed by atoms with Gasteiger partial charge in [-0.2, -0.15) is 0 Å². The lowest BCUT2D eigenvalue weighted by Crippen LogP contribution is -1.93. The van der Waals surface area contributed by atoms with E-state index in [4.69, 9.17) is 4.74 Å². The van der Waals surface area contributed by atoms with E-state index in [1.54, 1.807) is 0 Å². The first kappa shape index (κ1) is 15.4. The Balaban J connectivity index is 2.21. The minimum Gasteiger partial charge on any atom is -0.373 e. The van der Waals surface area contributed by atoms with Crippen molar-refractivity contribution in [2.24, 2.45) is 5.92 Å². The molecule has 2 heteroatoms. The second-order valence-corrected chi connectivity index (χ2v) is 4.68. The lowest BCUT2D eigenvalue weighted by molar-refractivity contribution is -0.109. The van der Waals surface area contributed by atoms with E-state index in [2.05, 4.69) is 25.1 Å². The van der Waals surface area contributed by atoms with Gasteiger partial charge in [0.1, 0.15) is 6.29 Å². The van der Waals surface area contributed by atoms with E-state index in [-0.39, 0.29) is 5.92 Å². The van der Waals surface area contributed by atoms with Gasteiger partial charge >= 0.3 is 0 Å². The Kier molecular flexibility index (Phi) is 7.52. The molecule has 0 saturated carbocycles. The molecule has 0 heterocycles. The van der Waals surface area contributed by atoms with Crippen LogP contribution in [-0.2, 0) is 16.1 Å². The normalized spacial score (nSPS) is 13.7. The minimum atomic E-state index is 0.00197. The molecule has 2 nitrogen and oxygen atoms in total. The first-order chi connectivity index (χ1) is 9.22. The summed E-state index contributed by atoms with van der Waals surface area (Å²) in [5.74, 6) is 0.00197. The number of benzene rings is 1. The molecule has 1 aromatic rings. The molecule has 0 fully saturated rings.